The van der Waals surface area contributed by atoms with Crippen LogP contribution in [0.2, 0.25) is 39.3 Å². The second-order valence-electron chi connectivity index (χ2n) is 6.54. The van der Waals surface area contributed by atoms with Crippen LogP contribution in [0.4, 0.5) is 0 Å². The molecule has 0 fully saturated rings. The average Bonchev–Trinajstić information content (AvgIpc) is 2.19. The van der Waals surface area contributed by atoms with Gasteiger partial charge in [-0.05, 0) is 39.3 Å². The van der Waals surface area contributed by atoms with Gasteiger partial charge in [-0.15, -0.1) is 6.58 Å². The average molecular weight is 291 g/mol. The Bertz CT molecular complexity index is 213. The Balaban J connectivity index is 4.11. The number of rotatable bonds is 10. The van der Waals surface area contributed by atoms with E-state index in [4.69, 9.17) is 13.6 Å². The van der Waals surface area contributed by atoms with Crippen LogP contribution in [-0.4, -0.2) is 43.1 Å². The first kappa shape index (κ1) is 18.1. The lowest BCUT2D eigenvalue weighted by Gasteiger charge is -2.26. The molecule has 0 saturated heterocycles. The van der Waals surface area contributed by atoms with Crippen molar-refractivity contribution in [3.05, 3.63) is 12.7 Å². The molecule has 3 nitrogen and oxygen atoms in total. The zero-order valence-corrected chi connectivity index (χ0v) is 14.9. The van der Waals surface area contributed by atoms with E-state index in [1.54, 1.807) is 6.08 Å². The molecule has 5 heteroatoms. The fraction of sp³-hybridized carbons (Fsp3) is 0.846. The fourth-order valence-corrected chi connectivity index (χ4v) is 2.67. The molecule has 0 atom stereocenters. The van der Waals surface area contributed by atoms with E-state index in [-0.39, 0.29) is 0 Å². The van der Waals surface area contributed by atoms with Gasteiger partial charge in [-0.1, -0.05) is 6.08 Å². The summed E-state index contributed by atoms with van der Waals surface area (Å²) in [6.07, 6.45) is 1.77. The van der Waals surface area contributed by atoms with Gasteiger partial charge in [-0.3, -0.25) is 0 Å². The van der Waals surface area contributed by atoms with Crippen LogP contribution in [0.3, 0.4) is 0 Å². The molecule has 0 aliphatic rings. The van der Waals surface area contributed by atoms with E-state index in [2.05, 4.69) is 45.9 Å². The minimum absolute atomic E-state index is 0.323. The fourth-order valence-electron chi connectivity index (χ4n) is 1.20. The Kier molecular flexibility index (Phi) is 8.29. The highest BCUT2D eigenvalue weighted by Crippen LogP contribution is 2.11. The van der Waals surface area contributed by atoms with E-state index in [0.717, 1.165) is 13.2 Å². The molecule has 0 amide bonds. The van der Waals surface area contributed by atoms with Gasteiger partial charge in [-0.2, -0.15) is 0 Å². The highest BCUT2D eigenvalue weighted by Gasteiger charge is 2.21. The van der Waals surface area contributed by atoms with Crippen molar-refractivity contribution < 1.29 is 13.6 Å². The van der Waals surface area contributed by atoms with Crippen LogP contribution in [0, 0.1) is 5.92 Å². The molecule has 108 valence electrons. The molecular formula is C13H30O3Si2. The molecule has 0 rings (SSSR count). The molecule has 0 aliphatic carbocycles. The summed E-state index contributed by atoms with van der Waals surface area (Å²) >= 11 is 0. The van der Waals surface area contributed by atoms with Crippen molar-refractivity contribution in [1.29, 1.82) is 0 Å². The summed E-state index contributed by atoms with van der Waals surface area (Å²) in [4.78, 5) is 0. The summed E-state index contributed by atoms with van der Waals surface area (Å²) in [6.45, 7) is 19.6. The van der Waals surface area contributed by atoms with Gasteiger partial charge in [0.2, 0.25) is 0 Å². The van der Waals surface area contributed by atoms with Crippen LogP contribution >= 0.6 is 0 Å². The predicted octanol–water partition coefficient (Wildman–Crippen LogP) is 3.51. The van der Waals surface area contributed by atoms with Crippen molar-refractivity contribution in [3.8, 4) is 0 Å². The number of hydrogen-bond acceptors (Lipinski definition) is 3. The quantitative estimate of drug-likeness (QED) is 0.350. The Morgan fingerprint density at radius 1 is 0.889 bits per heavy atom. The summed E-state index contributed by atoms with van der Waals surface area (Å²) in [7, 11) is -2.92. The lowest BCUT2D eigenvalue weighted by Crippen LogP contribution is -2.35. The van der Waals surface area contributed by atoms with Crippen LogP contribution in [0.1, 0.15) is 0 Å². The Morgan fingerprint density at radius 2 is 1.33 bits per heavy atom. The van der Waals surface area contributed by atoms with Crippen molar-refractivity contribution in [2.45, 2.75) is 39.3 Å². The van der Waals surface area contributed by atoms with Gasteiger partial charge in [0, 0.05) is 19.1 Å². The van der Waals surface area contributed by atoms with Crippen molar-refractivity contribution in [2.24, 2.45) is 5.92 Å². The van der Waals surface area contributed by atoms with E-state index >= 15 is 0 Å². The van der Waals surface area contributed by atoms with E-state index in [1.165, 1.54) is 0 Å². The van der Waals surface area contributed by atoms with Gasteiger partial charge < -0.3 is 13.6 Å². The first-order chi connectivity index (χ1) is 8.14. The lowest BCUT2D eigenvalue weighted by atomic mass is 10.2. The summed E-state index contributed by atoms with van der Waals surface area (Å²) in [6, 6.07) is 0. The molecule has 0 aromatic heterocycles. The van der Waals surface area contributed by atoms with Crippen LogP contribution in [0.15, 0.2) is 12.7 Å². The lowest BCUT2D eigenvalue weighted by molar-refractivity contribution is 0.0661. The molecular weight excluding hydrogens is 260 g/mol. The van der Waals surface area contributed by atoms with E-state index in [0.29, 0.717) is 19.1 Å². The molecule has 0 saturated carbocycles. The normalized spacial score (nSPS) is 13.1. The van der Waals surface area contributed by atoms with Crippen molar-refractivity contribution in [2.75, 3.05) is 26.4 Å². The van der Waals surface area contributed by atoms with Crippen LogP contribution in [0.5, 0.6) is 0 Å². The maximum atomic E-state index is 5.96. The summed E-state index contributed by atoms with van der Waals surface area (Å²) in [5.74, 6) is 0.323. The Morgan fingerprint density at radius 3 is 1.67 bits per heavy atom. The monoisotopic (exact) mass is 290 g/mol. The van der Waals surface area contributed by atoms with Crippen LogP contribution in [-0.2, 0) is 13.6 Å². The zero-order valence-electron chi connectivity index (χ0n) is 12.9. The number of hydrogen-bond donors (Lipinski definition) is 0. The topological polar surface area (TPSA) is 27.7 Å². The molecule has 18 heavy (non-hydrogen) atoms. The minimum atomic E-state index is -1.46. The van der Waals surface area contributed by atoms with Gasteiger partial charge in [-0.25, -0.2) is 0 Å². The van der Waals surface area contributed by atoms with Crippen molar-refractivity contribution in [1.82, 2.24) is 0 Å². The largest absolute Gasteiger partial charge is 0.417 e. The SMILES string of the molecule is C=CCOCC(CO[Si](C)(C)C)CO[Si](C)(C)C. The summed E-state index contributed by atoms with van der Waals surface area (Å²) < 4.78 is 17.4. The number of ether oxygens (including phenoxy) is 1. The van der Waals surface area contributed by atoms with Crippen molar-refractivity contribution in [3.63, 3.8) is 0 Å². The second kappa shape index (κ2) is 8.27. The molecule has 0 N–H and O–H groups in total. The second-order valence-corrected chi connectivity index (χ2v) is 15.6. The standard InChI is InChI=1S/C13H30O3Si2/c1-8-9-14-10-13(11-15-17(2,3)4)12-16-18(5,6)7/h8,13H,1,9-12H2,2-7H3. The molecule has 0 aliphatic heterocycles. The van der Waals surface area contributed by atoms with E-state index < -0.39 is 16.6 Å². The first-order valence-corrected chi connectivity index (χ1v) is 13.4. The minimum Gasteiger partial charge on any atom is -0.417 e. The highest BCUT2D eigenvalue weighted by atomic mass is 28.4. The van der Waals surface area contributed by atoms with Crippen LogP contribution in [0.25, 0.3) is 0 Å². The molecule has 0 heterocycles. The van der Waals surface area contributed by atoms with Gasteiger partial charge in [0.1, 0.15) is 0 Å². The van der Waals surface area contributed by atoms with E-state index in [9.17, 15) is 0 Å². The highest BCUT2D eigenvalue weighted by molar-refractivity contribution is 6.70. The summed E-state index contributed by atoms with van der Waals surface area (Å²) in [5, 5.41) is 0. The molecule has 0 spiro atoms. The molecule has 0 unspecified atom stereocenters. The van der Waals surface area contributed by atoms with E-state index in [1.807, 2.05) is 0 Å². The third-order valence-electron chi connectivity index (χ3n) is 2.09. The van der Waals surface area contributed by atoms with Gasteiger partial charge >= 0.3 is 0 Å². The van der Waals surface area contributed by atoms with Crippen molar-refractivity contribution >= 4 is 16.6 Å². The summed E-state index contributed by atoms with van der Waals surface area (Å²) in [5.41, 5.74) is 0. The third-order valence-corrected chi connectivity index (χ3v) is 4.16. The Hall–Kier alpha value is 0.0538. The van der Waals surface area contributed by atoms with Crippen LogP contribution < -0.4 is 0 Å². The van der Waals surface area contributed by atoms with Gasteiger partial charge in [0.25, 0.3) is 0 Å². The molecule has 0 aromatic rings. The maximum absolute atomic E-state index is 5.96. The molecule has 0 bridgehead atoms. The molecule has 0 aromatic carbocycles. The Labute approximate surface area is 115 Å². The zero-order chi connectivity index (χ0) is 14.2. The smallest absolute Gasteiger partial charge is 0.183 e. The third kappa shape index (κ3) is 12.5. The molecule has 0 radical (unpaired) electrons. The maximum Gasteiger partial charge on any atom is 0.183 e. The van der Waals surface area contributed by atoms with Gasteiger partial charge in [0.15, 0.2) is 16.6 Å². The first-order valence-electron chi connectivity index (χ1n) is 6.60. The predicted molar refractivity (Wildman–Crippen MR) is 83.1 cm³/mol. The van der Waals surface area contributed by atoms with Gasteiger partial charge in [0.05, 0.1) is 13.2 Å².